The monoisotopic (exact) mass is 687 g/mol. The molecule has 10 aromatic rings. The van der Waals surface area contributed by atoms with E-state index in [-0.39, 0.29) is 0 Å². The molecule has 0 saturated heterocycles. The van der Waals surface area contributed by atoms with Gasteiger partial charge in [0, 0.05) is 50.8 Å². The van der Waals surface area contributed by atoms with Crippen molar-refractivity contribution in [3.05, 3.63) is 182 Å². The van der Waals surface area contributed by atoms with E-state index in [0.29, 0.717) is 11.4 Å². The molecule has 0 amide bonds. The summed E-state index contributed by atoms with van der Waals surface area (Å²) in [7, 11) is 0. The summed E-state index contributed by atoms with van der Waals surface area (Å²) in [6, 6.07) is 58.3. The molecule has 0 aliphatic heterocycles. The van der Waals surface area contributed by atoms with Crippen molar-refractivity contribution in [2.75, 3.05) is 0 Å². The summed E-state index contributed by atoms with van der Waals surface area (Å²) >= 11 is 0. The van der Waals surface area contributed by atoms with E-state index < -0.39 is 0 Å². The van der Waals surface area contributed by atoms with Crippen LogP contribution in [0.5, 0.6) is 0 Å². The third kappa shape index (κ3) is 5.33. The number of hydrogen-bond donors (Lipinski definition) is 0. The molecule has 0 aliphatic carbocycles. The Morgan fingerprint density at radius 3 is 1.63 bits per heavy atom. The number of rotatable bonds is 5. The van der Waals surface area contributed by atoms with Crippen molar-refractivity contribution in [3.8, 4) is 62.1 Å². The maximum Gasteiger partial charge on any atom is 0.160 e. The average Bonchev–Trinajstić information content (AvgIpc) is 3.26. The predicted molar refractivity (Wildman–Crippen MR) is 220 cm³/mol. The minimum atomic E-state index is 0.651. The second-order valence-electron chi connectivity index (χ2n) is 13.4. The third-order valence-corrected chi connectivity index (χ3v) is 10.2. The second kappa shape index (κ2) is 12.9. The molecule has 10 rings (SSSR count). The molecule has 5 heteroatoms. The molecular formula is C49H29N5. The highest BCUT2D eigenvalue weighted by molar-refractivity contribution is 6.22. The predicted octanol–water partition coefficient (Wildman–Crippen LogP) is 12.1. The molecule has 0 saturated carbocycles. The standard InChI is InChI=1S/C49H29N5/c50-30-31-17-19-32(20-18-31)33-21-23-34(24-22-33)41-28-43-39-15-8-26-52-48(39)42(29-44(43)38-14-7-25-51-47(38)41)36-11-6-12-37(27-36)49-53-45-16-5-4-13-40(45)46(54-49)35-9-2-1-3-10-35/h1-29H. The Balaban J connectivity index is 1.13. The fourth-order valence-electron chi connectivity index (χ4n) is 7.57. The van der Waals surface area contributed by atoms with E-state index in [1.54, 1.807) is 0 Å². The van der Waals surface area contributed by atoms with Gasteiger partial charge in [-0.15, -0.1) is 0 Å². The lowest BCUT2D eigenvalue weighted by atomic mass is 9.90. The molecule has 3 heterocycles. The van der Waals surface area contributed by atoms with Gasteiger partial charge in [-0.3, -0.25) is 9.97 Å². The second-order valence-corrected chi connectivity index (χ2v) is 13.4. The Bertz CT molecular complexity index is 3090. The summed E-state index contributed by atoms with van der Waals surface area (Å²) in [6.45, 7) is 0. The Morgan fingerprint density at radius 1 is 0.389 bits per heavy atom. The Kier molecular flexibility index (Phi) is 7.45. The van der Waals surface area contributed by atoms with E-state index in [4.69, 9.17) is 19.9 Å². The number of aromatic nitrogens is 4. The number of hydrogen-bond acceptors (Lipinski definition) is 5. The molecule has 54 heavy (non-hydrogen) atoms. The van der Waals surface area contributed by atoms with Gasteiger partial charge in [0.25, 0.3) is 0 Å². The first-order valence-corrected chi connectivity index (χ1v) is 17.8. The summed E-state index contributed by atoms with van der Waals surface area (Å²) in [4.78, 5) is 20.1. The van der Waals surface area contributed by atoms with Crippen molar-refractivity contribution in [2.45, 2.75) is 0 Å². The van der Waals surface area contributed by atoms with Crippen LogP contribution in [0.15, 0.2) is 176 Å². The number of nitrogens with zero attached hydrogens (tertiary/aromatic N) is 5. The van der Waals surface area contributed by atoms with Crippen molar-refractivity contribution in [1.82, 2.24) is 19.9 Å². The summed E-state index contributed by atoms with van der Waals surface area (Å²) < 4.78 is 0. The van der Waals surface area contributed by atoms with Crippen molar-refractivity contribution in [2.24, 2.45) is 0 Å². The normalized spacial score (nSPS) is 11.3. The molecule has 3 aromatic heterocycles. The van der Waals surface area contributed by atoms with Crippen LogP contribution < -0.4 is 0 Å². The van der Waals surface area contributed by atoms with Crippen molar-refractivity contribution >= 4 is 43.5 Å². The van der Waals surface area contributed by atoms with Crippen LogP contribution in [0.1, 0.15) is 5.56 Å². The van der Waals surface area contributed by atoms with Gasteiger partial charge >= 0.3 is 0 Å². The van der Waals surface area contributed by atoms with E-state index in [9.17, 15) is 5.26 Å². The zero-order chi connectivity index (χ0) is 36.0. The van der Waals surface area contributed by atoms with Crippen LogP contribution in [-0.4, -0.2) is 19.9 Å². The first-order valence-electron chi connectivity index (χ1n) is 17.8. The van der Waals surface area contributed by atoms with Crippen LogP contribution >= 0.6 is 0 Å². The van der Waals surface area contributed by atoms with Gasteiger partial charge in [0.1, 0.15) is 0 Å². The molecule has 0 spiro atoms. The molecule has 0 fully saturated rings. The molecule has 250 valence electrons. The maximum atomic E-state index is 9.22. The van der Waals surface area contributed by atoms with Crippen LogP contribution in [0.25, 0.3) is 99.5 Å². The van der Waals surface area contributed by atoms with E-state index in [2.05, 4.69) is 103 Å². The van der Waals surface area contributed by atoms with Gasteiger partial charge in [0.05, 0.1) is 33.9 Å². The quantitative estimate of drug-likeness (QED) is 0.168. The molecule has 0 unspecified atom stereocenters. The summed E-state index contributed by atoms with van der Waals surface area (Å²) in [5.41, 5.74) is 12.7. The highest BCUT2D eigenvalue weighted by atomic mass is 14.9. The number of fused-ring (bicyclic) bond motifs is 6. The number of nitriles is 1. The summed E-state index contributed by atoms with van der Waals surface area (Å²) in [5.74, 6) is 0.678. The molecule has 0 bridgehead atoms. The molecule has 0 N–H and O–H groups in total. The molecule has 0 radical (unpaired) electrons. The molecule has 7 aromatic carbocycles. The fraction of sp³-hybridized carbons (Fsp3) is 0. The van der Waals surface area contributed by atoms with Gasteiger partial charge in [-0.05, 0) is 81.6 Å². The Hall–Kier alpha value is -7.55. The molecule has 0 atom stereocenters. The van der Waals surface area contributed by atoms with Gasteiger partial charge in [0.15, 0.2) is 5.82 Å². The van der Waals surface area contributed by atoms with Gasteiger partial charge in [-0.2, -0.15) is 5.26 Å². The maximum absolute atomic E-state index is 9.22. The van der Waals surface area contributed by atoms with Gasteiger partial charge in [0.2, 0.25) is 0 Å². The first kappa shape index (κ1) is 31.2. The van der Waals surface area contributed by atoms with E-state index in [1.165, 1.54) is 0 Å². The van der Waals surface area contributed by atoms with Crippen LogP contribution in [0.2, 0.25) is 0 Å². The van der Waals surface area contributed by atoms with Crippen molar-refractivity contribution < 1.29 is 0 Å². The lowest BCUT2D eigenvalue weighted by Crippen LogP contribution is -1.96. The van der Waals surface area contributed by atoms with E-state index in [1.807, 2.05) is 79.1 Å². The zero-order valence-corrected chi connectivity index (χ0v) is 29.0. The first-order chi connectivity index (χ1) is 26.7. The lowest BCUT2D eigenvalue weighted by molar-refractivity contribution is 1.23. The van der Waals surface area contributed by atoms with Gasteiger partial charge < -0.3 is 0 Å². The van der Waals surface area contributed by atoms with Crippen LogP contribution in [-0.2, 0) is 0 Å². The van der Waals surface area contributed by atoms with Crippen molar-refractivity contribution in [3.63, 3.8) is 0 Å². The molecule has 5 nitrogen and oxygen atoms in total. The smallest absolute Gasteiger partial charge is 0.160 e. The Labute approximate surface area is 311 Å². The van der Waals surface area contributed by atoms with E-state index >= 15 is 0 Å². The number of benzene rings is 7. The largest absolute Gasteiger partial charge is 0.256 e. The van der Waals surface area contributed by atoms with Crippen molar-refractivity contribution in [1.29, 1.82) is 5.26 Å². The minimum absolute atomic E-state index is 0.651. The summed E-state index contributed by atoms with van der Waals surface area (Å²) in [6.07, 6.45) is 3.73. The summed E-state index contributed by atoms with van der Waals surface area (Å²) in [5, 5.41) is 14.6. The zero-order valence-electron chi connectivity index (χ0n) is 29.0. The van der Waals surface area contributed by atoms with Crippen LogP contribution in [0.4, 0.5) is 0 Å². The van der Waals surface area contributed by atoms with Gasteiger partial charge in [-0.1, -0.05) is 115 Å². The highest BCUT2D eigenvalue weighted by Gasteiger charge is 2.17. The lowest BCUT2D eigenvalue weighted by Gasteiger charge is -2.15. The van der Waals surface area contributed by atoms with Gasteiger partial charge in [-0.25, -0.2) is 9.97 Å². The Morgan fingerprint density at radius 2 is 0.944 bits per heavy atom. The number of para-hydroxylation sites is 1. The minimum Gasteiger partial charge on any atom is -0.256 e. The molecular weight excluding hydrogens is 659 g/mol. The van der Waals surface area contributed by atoms with Crippen LogP contribution in [0.3, 0.4) is 0 Å². The SMILES string of the molecule is N#Cc1ccc(-c2ccc(-c3cc4c5cccnc5c(-c5cccc(-c6nc(-c7ccccc7)c7ccccc7n6)c5)cc4c4cccnc34)cc2)cc1. The number of pyridine rings is 2. The topological polar surface area (TPSA) is 75.3 Å². The third-order valence-electron chi connectivity index (χ3n) is 10.2. The van der Waals surface area contributed by atoms with E-state index in [0.717, 1.165) is 93.7 Å². The fourth-order valence-corrected chi connectivity index (χ4v) is 7.57. The highest BCUT2D eigenvalue weighted by Crippen LogP contribution is 2.41. The average molecular weight is 688 g/mol. The molecule has 0 aliphatic rings. The van der Waals surface area contributed by atoms with Crippen LogP contribution in [0, 0.1) is 11.3 Å².